The fourth-order valence-electron chi connectivity index (χ4n) is 3.06. The predicted octanol–water partition coefficient (Wildman–Crippen LogP) is 4.75. The summed E-state index contributed by atoms with van der Waals surface area (Å²) in [5.74, 6) is -2.54. The van der Waals surface area contributed by atoms with E-state index in [4.69, 9.17) is 5.26 Å². The molecule has 0 aliphatic carbocycles. The Bertz CT molecular complexity index is 1260. The van der Waals surface area contributed by atoms with Crippen LogP contribution in [0.5, 0.6) is 5.75 Å². The quantitative estimate of drug-likeness (QED) is 0.559. The Hall–Kier alpha value is -3.79. The highest BCUT2D eigenvalue weighted by molar-refractivity contribution is 5.82. The molecule has 1 heterocycles. The number of imidazole rings is 1. The average molecular weight is 379 g/mol. The van der Waals surface area contributed by atoms with Crippen molar-refractivity contribution in [3.63, 3.8) is 0 Å². The van der Waals surface area contributed by atoms with Crippen LogP contribution in [0.1, 0.15) is 11.1 Å². The Morgan fingerprint density at radius 2 is 1.71 bits per heavy atom. The van der Waals surface area contributed by atoms with Gasteiger partial charge in [0.15, 0.2) is 11.6 Å². The van der Waals surface area contributed by atoms with E-state index < -0.39 is 17.5 Å². The summed E-state index contributed by atoms with van der Waals surface area (Å²) < 4.78 is 43.5. The molecule has 0 spiro atoms. The van der Waals surface area contributed by atoms with Gasteiger partial charge in [0.25, 0.3) is 0 Å². The number of phenols is 1. The van der Waals surface area contributed by atoms with Crippen molar-refractivity contribution in [3.05, 3.63) is 83.2 Å². The average Bonchev–Trinajstić information content (AvgIpc) is 3.01. The van der Waals surface area contributed by atoms with E-state index in [9.17, 15) is 18.3 Å². The van der Waals surface area contributed by atoms with Gasteiger partial charge in [0.05, 0.1) is 34.8 Å². The van der Waals surface area contributed by atoms with Crippen molar-refractivity contribution in [1.29, 1.82) is 5.26 Å². The fourth-order valence-corrected chi connectivity index (χ4v) is 3.06. The van der Waals surface area contributed by atoms with E-state index >= 15 is 0 Å². The minimum absolute atomic E-state index is 0.0528. The third kappa shape index (κ3) is 2.95. The van der Waals surface area contributed by atoms with Crippen LogP contribution in [0.15, 0.2) is 54.6 Å². The molecule has 0 saturated carbocycles. The summed E-state index contributed by atoms with van der Waals surface area (Å²) in [6.07, 6.45) is 0. The second kappa shape index (κ2) is 6.74. The van der Waals surface area contributed by atoms with Crippen LogP contribution in [-0.4, -0.2) is 14.7 Å². The number of halogens is 3. The molecular weight excluding hydrogens is 367 g/mol. The van der Waals surface area contributed by atoms with Crippen LogP contribution < -0.4 is 0 Å². The van der Waals surface area contributed by atoms with Crippen LogP contribution in [0.4, 0.5) is 13.2 Å². The van der Waals surface area contributed by atoms with Crippen molar-refractivity contribution in [3.8, 4) is 23.2 Å². The van der Waals surface area contributed by atoms with E-state index in [-0.39, 0.29) is 40.3 Å². The van der Waals surface area contributed by atoms with Gasteiger partial charge >= 0.3 is 0 Å². The highest BCUT2D eigenvalue weighted by Gasteiger charge is 2.19. The summed E-state index contributed by atoms with van der Waals surface area (Å²) >= 11 is 0. The largest absolute Gasteiger partial charge is 0.507 e. The number of phenolic OH excluding ortho intramolecular Hbond substituents is 1. The Kier molecular flexibility index (Phi) is 4.24. The summed E-state index contributed by atoms with van der Waals surface area (Å²) in [7, 11) is 0. The molecule has 1 aromatic heterocycles. The molecule has 7 heteroatoms. The molecule has 4 rings (SSSR count). The molecule has 3 aromatic carbocycles. The van der Waals surface area contributed by atoms with Crippen molar-refractivity contribution in [1.82, 2.24) is 9.55 Å². The van der Waals surface area contributed by atoms with Crippen molar-refractivity contribution < 1.29 is 18.3 Å². The molecule has 0 aliphatic rings. The number of nitrogens with zero attached hydrogens (tertiary/aromatic N) is 3. The molecule has 138 valence electrons. The van der Waals surface area contributed by atoms with Gasteiger partial charge in [-0.3, -0.25) is 0 Å². The van der Waals surface area contributed by atoms with Gasteiger partial charge < -0.3 is 9.67 Å². The molecule has 28 heavy (non-hydrogen) atoms. The van der Waals surface area contributed by atoms with Crippen molar-refractivity contribution in [2.75, 3.05) is 0 Å². The van der Waals surface area contributed by atoms with Crippen LogP contribution >= 0.6 is 0 Å². The monoisotopic (exact) mass is 379 g/mol. The van der Waals surface area contributed by atoms with Crippen LogP contribution in [0.25, 0.3) is 22.4 Å². The van der Waals surface area contributed by atoms with Gasteiger partial charge in [0.2, 0.25) is 0 Å². The lowest BCUT2D eigenvalue weighted by Crippen LogP contribution is -2.05. The molecule has 4 nitrogen and oxygen atoms in total. The van der Waals surface area contributed by atoms with Gasteiger partial charge in [-0.2, -0.15) is 5.26 Å². The van der Waals surface area contributed by atoms with Gasteiger partial charge in [-0.25, -0.2) is 18.2 Å². The maximum Gasteiger partial charge on any atom is 0.161 e. The van der Waals surface area contributed by atoms with Gasteiger partial charge in [0, 0.05) is 17.7 Å². The molecule has 4 aromatic rings. The van der Waals surface area contributed by atoms with E-state index in [0.29, 0.717) is 5.56 Å². The SMILES string of the molecule is N#Cc1ccc(Cn2c(-c3ccccc3O)nc3cc(F)c(F)cc32)c(F)c1. The Morgan fingerprint density at radius 1 is 0.964 bits per heavy atom. The maximum absolute atomic E-state index is 14.4. The second-order valence-electron chi connectivity index (χ2n) is 6.21. The highest BCUT2D eigenvalue weighted by Crippen LogP contribution is 2.32. The minimum Gasteiger partial charge on any atom is -0.507 e. The first-order valence-electron chi connectivity index (χ1n) is 8.30. The highest BCUT2D eigenvalue weighted by atomic mass is 19.2. The molecule has 0 amide bonds. The molecule has 0 bridgehead atoms. The lowest BCUT2D eigenvalue weighted by molar-refractivity contribution is 0.476. The van der Waals surface area contributed by atoms with Crippen molar-refractivity contribution >= 4 is 11.0 Å². The Morgan fingerprint density at radius 3 is 2.43 bits per heavy atom. The normalized spacial score (nSPS) is 10.9. The first-order chi connectivity index (χ1) is 13.5. The van der Waals surface area contributed by atoms with E-state index in [1.807, 2.05) is 6.07 Å². The van der Waals surface area contributed by atoms with Crippen LogP contribution in [0.3, 0.4) is 0 Å². The van der Waals surface area contributed by atoms with Gasteiger partial charge in [-0.15, -0.1) is 0 Å². The fraction of sp³-hybridized carbons (Fsp3) is 0.0476. The number of para-hydroxylation sites is 1. The van der Waals surface area contributed by atoms with E-state index in [1.54, 1.807) is 18.2 Å². The maximum atomic E-state index is 14.4. The predicted molar refractivity (Wildman–Crippen MR) is 97.0 cm³/mol. The number of aromatic hydroxyl groups is 1. The number of aromatic nitrogens is 2. The topological polar surface area (TPSA) is 61.8 Å². The van der Waals surface area contributed by atoms with Gasteiger partial charge in [-0.1, -0.05) is 18.2 Å². The minimum atomic E-state index is -1.06. The summed E-state index contributed by atoms with van der Waals surface area (Å²) in [5, 5.41) is 19.1. The smallest absolute Gasteiger partial charge is 0.161 e. The third-order valence-corrected chi connectivity index (χ3v) is 4.45. The standard InChI is InChI=1S/C21H12F3N3O/c22-15-7-12(10-25)5-6-13(15)11-27-19-9-17(24)16(23)8-18(19)26-21(27)14-3-1-2-4-20(14)28/h1-9,28H,11H2. The second-order valence-corrected chi connectivity index (χ2v) is 6.21. The number of hydrogen-bond acceptors (Lipinski definition) is 3. The molecule has 0 fully saturated rings. The lowest BCUT2D eigenvalue weighted by atomic mass is 10.1. The van der Waals surface area contributed by atoms with Crippen LogP contribution in [0.2, 0.25) is 0 Å². The zero-order chi connectivity index (χ0) is 19.8. The Balaban J connectivity index is 1.95. The summed E-state index contributed by atoms with van der Waals surface area (Å²) in [6, 6.07) is 14.2. The molecule has 0 atom stereocenters. The molecule has 0 aliphatic heterocycles. The number of nitriles is 1. The zero-order valence-electron chi connectivity index (χ0n) is 14.3. The van der Waals surface area contributed by atoms with Crippen LogP contribution in [-0.2, 0) is 6.54 Å². The van der Waals surface area contributed by atoms with E-state index in [2.05, 4.69) is 4.98 Å². The number of fused-ring (bicyclic) bond motifs is 1. The van der Waals surface area contributed by atoms with E-state index in [1.165, 1.54) is 22.8 Å². The summed E-state index contributed by atoms with van der Waals surface area (Å²) in [4.78, 5) is 4.33. The van der Waals surface area contributed by atoms with Crippen molar-refractivity contribution in [2.45, 2.75) is 6.54 Å². The van der Waals surface area contributed by atoms with Gasteiger partial charge in [0.1, 0.15) is 17.4 Å². The van der Waals surface area contributed by atoms with Crippen LogP contribution in [0, 0.1) is 28.8 Å². The first kappa shape index (κ1) is 17.6. The first-order valence-corrected chi connectivity index (χ1v) is 8.30. The lowest BCUT2D eigenvalue weighted by Gasteiger charge is -2.11. The number of rotatable bonds is 3. The summed E-state index contributed by atoms with van der Waals surface area (Å²) in [6.45, 7) is -0.0528. The number of hydrogen-bond donors (Lipinski definition) is 1. The summed E-state index contributed by atoms with van der Waals surface area (Å²) in [5.41, 5.74) is 1.17. The van der Waals surface area contributed by atoms with Crippen molar-refractivity contribution in [2.24, 2.45) is 0 Å². The molecule has 1 N–H and O–H groups in total. The Labute approximate surface area is 157 Å². The zero-order valence-corrected chi connectivity index (χ0v) is 14.3. The van der Waals surface area contributed by atoms with Gasteiger partial charge in [-0.05, 0) is 24.3 Å². The van der Waals surface area contributed by atoms with E-state index in [0.717, 1.165) is 18.2 Å². The number of benzene rings is 3. The molecule has 0 radical (unpaired) electrons. The molecular formula is C21H12F3N3O. The third-order valence-electron chi connectivity index (χ3n) is 4.45. The molecule has 0 saturated heterocycles. The molecule has 0 unspecified atom stereocenters.